The molecule has 0 amide bonds. The van der Waals surface area contributed by atoms with Gasteiger partial charge < -0.3 is 15.6 Å². The highest BCUT2D eigenvalue weighted by Gasteiger charge is 2.16. The highest BCUT2D eigenvalue weighted by Crippen LogP contribution is 2.22. The van der Waals surface area contributed by atoms with Gasteiger partial charge in [0.15, 0.2) is 5.96 Å². The van der Waals surface area contributed by atoms with Crippen molar-refractivity contribution in [3.8, 4) is 0 Å². The summed E-state index contributed by atoms with van der Waals surface area (Å²) >= 11 is 0. The van der Waals surface area contributed by atoms with Crippen molar-refractivity contribution in [2.75, 3.05) is 19.6 Å². The molecule has 1 aromatic carbocycles. The Bertz CT molecular complexity index is 669. The number of nitrogens with one attached hydrogen (secondary N) is 1. The lowest BCUT2D eigenvalue weighted by molar-refractivity contribution is 0.277. The summed E-state index contributed by atoms with van der Waals surface area (Å²) in [5, 5.41) is 1.31. The van der Waals surface area contributed by atoms with Crippen LogP contribution in [0, 0.1) is 12.8 Å². The Labute approximate surface area is 155 Å². The molecule has 0 radical (unpaired) electrons. The maximum absolute atomic E-state index is 6.15. The monoisotopic (exact) mass is 426 g/mol. The second kappa shape index (κ2) is 8.04. The molecule has 1 aliphatic heterocycles. The van der Waals surface area contributed by atoms with Crippen LogP contribution in [0.5, 0.6) is 0 Å². The highest BCUT2D eigenvalue weighted by molar-refractivity contribution is 14.0. The van der Waals surface area contributed by atoms with Gasteiger partial charge in [-0.25, -0.2) is 0 Å². The summed E-state index contributed by atoms with van der Waals surface area (Å²) in [6, 6.07) is 8.45. The van der Waals surface area contributed by atoms with Gasteiger partial charge in [-0.1, -0.05) is 25.1 Å². The van der Waals surface area contributed by atoms with E-state index in [-0.39, 0.29) is 24.0 Å². The number of fused-ring (bicyclic) bond motifs is 1. The van der Waals surface area contributed by atoms with Gasteiger partial charge in [-0.15, -0.1) is 24.0 Å². The molecule has 0 unspecified atom stereocenters. The van der Waals surface area contributed by atoms with E-state index in [4.69, 9.17) is 5.73 Å². The molecule has 1 saturated heterocycles. The van der Waals surface area contributed by atoms with E-state index in [0.29, 0.717) is 5.96 Å². The highest BCUT2D eigenvalue weighted by atomic mass is 127. The number of benzene rings is 1. The minimum absolute atomic E-state index is 0. The number of aliphatic imine (C=N–C) groups is 1. The fraction of sp³-hybridized carbons (Fsp3) is 0.500. The normalized spacial score (nSPS) is 16.6. The number of hydrogen-bond acceptors (Lipinski definition) is 1. The van der Waals surface area contributed by atoms with E-state index in [9.17, 15) is 0 Å². The largest absolute Gasteiger partial charge is 0.370 e. The Balaban J connectivity index is 0.00000192. The second-order valence-electron chi connectivity index (χ2n) is 6.43. The van der Waals surface area contributed by atoms with Crippen molar-refractivity contribution in [1.29, 1.82) is 0 Å². The average molecular weight is 426 g/mol. The van der Waals surface area contributed by atoms with E-state index in [1.807, 2.05) is 0 Å². The quantitative estimate of drug-likeness (QED) is 0.447. The maximum Gasteiger partial charge on any atom is 0.191 e. The van der Waals surface area contributed by atoms with Crippen molar-refractivity contribution in [2.45, 2.75) is 33.1 Å². The van der Waals surface area contributed by atoms with Crippen LogP contribution in [0.2, 0.25) is 0 Å². The molecule has 2 aromatic rings. The Hall–Kier alpha value is -1.24. The molecular weight excluding hydrogens is 399 g/mol. The van der Waals surface area contributed by atoms with Gasteiger partial charge in [0.05, 0.1) is 0 Å². The predicted molar refractivity (Wildman–Crippen MR) is 109 cm³/mol. The number of piperidine rings is 1. The molecule has 0 atom stereocenters. The number of rotatable bonds is 3. The molecule has 4 nitrogen and oxygen atoms in total. The van der Waals surface area contributed by atoms with Crippen LogP contribution in [0.4, 0.5) is 0 Å². The lowest BCUT2D eigenvalue weighted by atomic mass is 10.00. The molecule has 3 rings (SSSR count). The lowest BCUT2D eigenvalue weighted by Gasteiger charge is -2.31. The number of aryl methyl sites for hydroxylation is 1. The van der Waals surface area contributed by atoms with Gasteiger partial charge in [0.2, 0.25) is 0 Å². The van der Waals surface area contributed by atoms with Gasteiger partial charge in [-0.2, -0.15) is 0 Å². The number of aromatic amines is 1. The Morgan fingerprint density at radius 2 is 2.00 bits per heavy atom. The van der Waals surface area contributed by atoms with Crippen molar-refractivity contribution in [3.05, 3.63) is 35.5 Å². The summed E-state index contributed by atoms with van der Waals surface area (Å²) in [6.45, 7) is 7.28. The van der Waals surface area contributed by atoms with Crippen molar-refractivity contribution in [3.63, 3.8) is 0 Å². The molecule has 5 heteroatoms. The molecule has 1 aromatic heterocycles. The van der Waals surface area contributed by atoms with Gasteiger partial charge >= 0.3 is 0 Å². The standard InChI is InChI=1S/C18H26N4.HI/c1-13-8-11-22(12-9-13)18(19)20-10-7-15-14(2)21-17-6-4-3-5-16(15)17;/h3-6,13,21H,7-12H2,1-2H3,(H2,19,20);1H. The van der Waals surface area contributed by atoms with Crippen LogP contribution in [0.15, 0.2) is 29.3 Å². The van der Waals surface area contributed by atoms with Gasteiger partial charge in [0.25, 0.3) is 0 Å². The molecule has 0 aliphatic carbocycles. The third kappa shape index (κ3) is 4.19. The summed E-state index contributed by atoms with van der Waals surface area (Å²) < 4.78 is 0. The van der Waals surface area contributed by atoms with Crippen LogP contribution in [0.25, 0.3) is 10.9 Å². The number of nitrogens with two attached hydrogens (primary N) is 1. The number of likely N-dealkylation sites (tertiary alicyclic amines) is 1. The molecule has 126 valence electrons. The minimum atomic E-state index is 0. The Morgan fingerprint density at radius 1 is 1.30 bits per heavy atom. The summed E-state index contributed by atoms with van der Waals surface area (Å²) in [5.74, 6) is 1.53. The van der Waals surface area contributed by atoms with Crippen molar-refractivity contribution in [2.24, 2.45) is 16.6 Å². The number of hydrogen-bond donors (Lipinski definition) is 2. The van der Waals surface area contributed by atoms with Crippen molar-refractivity contribution in [1.82, 2.24) is 9.88 Å². The van der Waals surface area contributed by atoms with Crippen LogP contribution in [0.3, 0.4) is 0 Å². The zero-order valence-electron chi connectivity index (χ0n) is 14.0. The van der Waals surface area contributed by atoms with E-state index in [1.165, 1.54) is 35.0 Å². The lowest BCUT2D eigenvalue weighted by Crippen LogP contribution is -2.42. The number of aromatic nitrogens is 1. The van der Waals surface area contributed by atoms with E-state index < -0.39 is 0 Å². The Kier molecular flexibility index (Phi) is 6.33. The fourth-order valence-corrected chi connectivity index (χ4v) is 3.28. The first kappa shape index (κ1) is 18.1. The molecule has 0 saturated carbocycles. The van der Waals surface area contributed by atoms with Gasteiger partial charge in [0.1, 0.15) is 0 Å². The van der Waals surface area contributed by atoms with Gasteiger partial charge in [0, 0.05) is 36.2 Å². The first-order chi connectivity index (χ1) is 10.6. The van der Waals surface area contributed by atoms with Crippen LogP contribution >= 0.6 is 24.0 Å². The van der Waals surface area contributed by atoms with E-state index >= 15 is 0 Å². The zero-order chi connectivity index (χ0) is 15.5. The van der Waals surface area contributed by atoms with Crippen LogP contribution in [-0.4, -0.2) is 35.5 Å². The fourth-order valence-electron chi connectivity index (χ4n) is 3.28. The molecule has 1 fully saturated rings. The van der Waals surface area contributed by atoms with Crippen molar-refractivity contribution >= 4 is 40.8 Å². The summed E-state index contributed by atoms with van der Waals surface area (Å²) in [7, 11) is 0. The molecule has 2 heterocycles. The van der Waals surface area contributed by atoms with Crippen LogP contribution in [-0.2, 0) is 6.42 Å². The number of halogens is 1. The predicted octanol–water partition coefficient (Wildman–Crippen LogP) is 3.68. The summed E-state index contributed by atoms with van der Waals surface area (Å²) in [4.78, 5) is 10.3. The molecule has 0 spiro atoms. The van der Waals surface area contributed by atoms with Crippen LogP contribution in [0.1, 0.15) is 31.0 Å². The molecular formula is C18H27IN4. The van der Waals surface area contributed by atoms with Gasteiger partial charge in [-0.3, -0.25) is 4.99 Å². The number of guanidine groups is 1. The second-order valence-corrected chi connectivity index (χ2v) is 6.43. The maximum atomic E-state index is 6.15. The average Bonchev–Trinajstić information content (AvgIpc) is 2.84. The SMILES string of the molecule is Cc1[nH]c2ccccc2c1CCN=C(N)N1CCC(C)CC1.I. The molecule has 3 N–H and O–H groups in total. The summed E-state index contributed by atoms with van der Waals surface area (Å²) in [6.07, 6.45) is 3.37. The molecule has 0 bridgehead atoms. The zero-order valence-corrected chi connectivity index (χ0v) is 16.3. The topological polar surface area (TPSA) is 57.4 Å². The first-order valence-electron chi connectivity index (χ1n) is 8.26. The van der Waals surface area contributed by atoms with Crippen LogP contribution < -0.4 is 5.73 Å². The molecule has 1 aliphatic rings. The Morgan fingerprint density at radius 3 is 2.74 bits per heavy atom. The van der Waals surface area contributed by atoms with E-state index in [2.05, 4.69) is 53.0 Å². The van der Waals surface area contributed by atoms with E-state index in [1.54, 1.807) is 0 Å². The van der Waals surface area contributed by atoms with Gasteiger partial charge in [-0.05, 0) is 43.7 Å². The number of H-pyrrole nitrogens is 1. The van der Waals surface area contributed by atoms with E-state index in [0.717, 1.165) is 32.0 Å². The number of para-hydroxylation sites is 1. The number of nitrogens with zero attached hydrogens (tertiary/aromatic N) is 2. The minimum Gasteiger partial charge on any atom is -0.370 e. The summed E-state index contributed by atoms with van der Waals surface area (Å²) in [5.41, 5.74) is 9.96. The van der Waals surface area contributed by atoms with Crippen molar-refractivity contribution < 1.29 is 0 Å². The smallest absolute Gasteiger partial charge is 0.191 e. The third-order valence-corrected chi connectivity index (χ3v) is 4.77. The third-order valence-electron chi connectivity index (χ3n) is 4.77. The first-order valence-corrected chi connectivity index (χ1v) is 8.26. The molecule has 23 heavy (non-hydrogen) atoms.